The second-order valence-corrected chi connectivity index (χ2v) is 8.37. The van der Waals surface area contributed by atoms with E-state index in [4.69, 9.17) is 16.3 Å². The maximum atomic E-state index is 12.5. The van der Waals surface area contributed by atoms with Gasteiger partial charge in [-0.1, -0.05) is 23.7 Å². The highest BCUT2D eigenvalue weighted by molar-refractivity contribution is 7.90. The van der Waals surface area contributed by atoms with Crippen LogP contribution < -0.4 is 4.74 Å². The van der Waals surface area contributed by atoms with Crippen LogP contribution in [0.15, 0.2) is 58.8 Å². The van der Waals surface area contributed by atoms with E-state index in [2.05, 4.69) is 4.98 Å². The molecule has 0 aliphatic heterocycles. The summed E-state index contributed by atoms with van der Waals surface area (Å²) < 4.78 is 30.1. The number of halogens is 1. The second kappa shape index (κ2) is 6.93. The SMILES string of the molecule is COc1cccc(-c2nc(CS(=O)(=O)c3ccc(Cl)cc3)cs2)c1. The van der Waals surface area contributed by atoms with Gasteiger partial charge in [0.25, 0.3) is 0 Å². The normalized spacial score (nSPS) is 11.4. The summed E-state index contributed by atoms with van der Waals surface area (Å²) in [5, 5.41) is 3.03. The van der Waals surface area contributed by atoms with Gasteiger partial charge in [0.05, 0.1) is 23.5 Å². The quantitative estimate of drug-likeness (QED) is 0.657. The van der Waals surface area contributed by atoms with Crippen LogP contribution >= 0.6 is 22.9 Å². The first-order chi connectivity index (χ1) is 11.5. The van der Waals surface area contributed by atoms with Gasteiger partial charge in [-0.3, -0.25) is 0 Å². The fourth-order valence-corrected chi connectivity index (χ4v) is 4.48. The highest BCUT2D eigenvalue weighted by Crippen LogP contribution is 2.28. The van der Waals surface area contributed by atoms with Crippen LogP contribution in [0.1, 0.15) is 5.69 Å². The van der Waals surface area contributed by atoms with Crippen LogP contribution in [0, 0.1) is 0 Å². The molecule has 1 aromatic heterocycles. The molecular weight excluding hydrogens is 366 g/mol. The zero-order valence-electron chi connectivity index (χ0n) is 12.8. The Kier molecular flexibility index (Phi) is 4.89. The third-order valence-electron chi connectivity index (χ3n) is 3.38. The fourth-order valence-electron chi connectivity index (χ4n) is 2.18. The number of ether oxygens (including phenoxy) is 1. The van der Waals surface area contributed by atoms with Gasteiger partial charge in [-0.2, -0.15) is 0 Å². The van der Waals surface area contributed by atoms with E-state index in [-0.39, 0.29) is 10.6 Å². The van der Waals surface area contributed by atoms with E-state index in [1.807, 2.05) is 24.3 Å². The molecule has 0 atom stereocenters. The van der Waals surface area contributed by atoms with Crippen molar-refractivity contribution < 1.29 is 13.2 Å². The predicted octanol–water partition coefficient (Wildman–Crippen LogP) is 4.45. The summed E-state index contributed by atoms with van der Waals surface area (Å²) in [7, 11) is -1.85. The van der Waals surface area contributed by atoms with Gasteiger partial charge in [0.15, 0.2) is 9.84 Å². The molecule has 24 heavy (non-hydrogen) atoms. The van der Waals surface area contributed by atoms with Gasteiger partial charge < -0.3 is 4.74 Å². The van der Waals surface area contributed by atoms with E-state index in [0.29, 0.717) is 10.7 Å². The lowest BCUT2D eigenvalue weighted by Crippen LogP contribution is -2.05. The zero-order valence-corrected chi connectivity index (χ0v) is 15.2. The molecule has 4 nitrogen and oxygen atoms in total. The lowest BCUT2D eigenvalue weighted by Gasteiger charge is -2.03. The van der Waals surface area contributed by atoms with Crippen molar-refractivity contribution in [3.8, 4) is 16.3 Å². The van der Waals surface area contributed by atoms with Crippen molar-refractivity contribution in [2.45, 2.75) is 10.6 Å². The molecule has 0 saturated carbocycles. The summed E-state index contributed by atoms with van der Waals surface area (Å²) in [5.41, 5.74) is 1.42. The van der Waals surface area contributed by atoms with E-state index < -0.39 is 9.84 Å². The van der Waals surface area contributed by atoms with Crippen molar-refractivity contribution in [3.05, 3.63) is 64.6 Å². The number of nitrogens with zero attached hydrogens (tertiary/aromatic N) is 1. The first-order valence-corrected chi connectivity index (χ1v) is 9.96. The molecule has 0 unspecified atom stereocenters. The molecule has 0 bridgehead atoms. The number of thiazole rings is 1. The maximum Gasteiger partial charge on any atom is 0.184 e. The molecule has 0 saturated heterocycles. The summed E-state index contributed by atoms with van der Waals surface area (Å²) in [4.78, 5) is 4.68. The minimum atomic E-state index is -3.45. The topological polar surface area (TPSA) is 56.3 Å². The number of aromatic nitrogens is 1. The first kappa shape index (κ1) is 17.0. The van der Waals surface area contributed by atoms with E-state index in [1.165, 1.54) is 23.5 Å². The van der Waals surface area contributed by atoms with Crippen LogP contribution in [0.2, 0.25) is 5.02 Å². The monoisotopic (exact) mass is 379 g/mol. The van der Waals surface area contributed by atoms with Crippen LogP contribution in [0.25, 0.3) is 10.6 Å². The van der Waals surface area contributed by atoms with Crippen LogP contribution in [-0.4, -0.2) is 20.5 Å². The Morgan fingerprint density at radius 1 is 1.17 bits per heavy atom. The molecular formula is C17H14ClNO3S2. The second-order valence-electron chi connectivity index (χ2n) is 5.09. The minimum absolute atomic E-state index is 0.144. The Hall–Kier alpha value is -1.89. The van der Waals surface area contributed by atoms with Gasteiger partial charge in [-0.25, -0.2) is 13.4 Å². The van der Waals surface area contributed by atoms with Gasteiger partial charge in [0, 0.05) is 16.0 Å². The number of methoxy groups -OCH3 is 1. The van der Waals surface area contributed by atoms with E-state index in [0.717, 1.165) is 16.3 Å². The molecule has 3 rings (SSSR count). The fraction of sp³-hybridized carbons (Fsp3) is 0.118. The highest BCUT2D eigenvalue weighted by Gasteiger charge is 2.17. The maximum absolute atomic E-state index is 12.5. The number of rotatable bonds is 5. The zero-order chi connectivity index (χ0) is 17.2. The van der Waals surface area contributed by atoms with Crippen LogP contribution in [0.4, 0.5) is 0 Å². The van der Waals surface area contributed by atoms with Crippen LogP contribution in [0.5, 0.6) is 5.75 Å². The Balaban J connectivity index is 1.84. The van der Waals surface area contributed by atoms with Crippen molar-refractivity contribution in [2.75, 3.05) is 7.11 Å². The van der Waals surface area contributed by atoms with Crippen molar-refractivity contribution in [1.82, 2.24) is 4.98 Å². The average Bonchev–Trinajstić information content (AvgIpc) is 3.03. The van der Waals surface area contributed by atoms with Crippen molar-refractivity contribution >= 4 is 32.8 Å². The van der Waals surface area contributed by atoms with Gasteiger partial charge >= 0.3 is 0 Å². The summed E-state index contributed by atoms with van der Waals surface area (Å²) in [6.45, 7) is 0. The predicted molar refractivity (Wildman–Crippen MR) is 96.4 cm³/mol. The third kappa shape index (κ3) is 3.77. The van der Waals surface area contributed by atoms with Gasteiger partial charge in [-0.15, -0.1) is 11.3 Å². The molecule has 0 aliphatic carbocycles. The summed E-state index contributed by atoms with van der Waals surface area (Å²) in [5.74, 6) is 0.591. The first-order valence-electron chi connectivity index (χ1n) is 7.05. The third-order valence-corrected chi connectivity index (χ3v) is 6.24. The average molecular weight is 380 g/mol. The minimum Gasteiger partial charge on any atom is -0.497 e. The lowest BCUT2D eigenvalue weighted by molar-refractivity contribution is 0.415. The van der Waals surface area contributed by atoms with Crippen molar-refractivity contribution in [2.24, 2.45) is 0 Å². The summed E-state index contributed by atoms with van der Waals surface area (Å²) in [6.07, 6.45) is 0. The van der Waals surface area contributed by atoms with E-state index >= 15 is 0 Å². The van der Waals surface area contributed by atoms with Gasteiger partial charge in [0.2, 0.25) is 0 Å². The molecule has 2 aromatic carbocycles. The largest absolute Gasteiger partial charge is 0.497 e. The standard InChI is InChI=1S/C17H14ClNO3S2/c1-22-15-4-2-3-12(9-15)17-19-14(10-23-17)11-24(20,21)16-7-5-13(18)6-8-16/h2-10H,11H2,1H3. The summed E-state index contributed by atoms with van der Waals surface area (Å²) in [6, 6.07) is 13.7. The molecule has 124 valence electrons. The number of sulfone groups is 1. The Morgan fingerprint density at radius 3 is 2.62 bits per heavy atom. The summed E-state index contributed by atoms with van der Waals surface area (Å²) >= 11 is 7.21. The van der Waals surface area contributed by atoms with Crippen molar-refractivity contribution in [1.29, 1.82) is 0 Å². The van der Waals surface area contributed by atoms with Gasteiger partial charge in [0.1, 0.15) is 10.8 Å². The Morgan fingerprint density at radius 2 is 1.92 bits per heavy atom. The molecule has 3 aromatic rings. The van der Waals surface area contributed by atoms with Gasteiger partial charge in [-0.05, 0) is 36.4 Å². The Labute approximate surface area is 149 Å². The van der Waals surface area contributed by atoms with Crippen molar-refractivity contribution in [3.63, 3.8) is 0 Å². The number of hydrogen-bond donors (Lipinski definition) is 0. The molecule has 0 amide bonds. The Bertz CT molecular complexity index is 950. The smallest absolute Gasteiger partial charge is 0.184 e. The molecule has 0 radical (unpaired) electrons. The number of hydrogen-bond acceptors (Lipinski definition) is 5. The molecule has 7 heteroatoms. The molecule has 0 spiro atoms. The molecule has 0 N–H and O–H groups in total. The molecule has 0 fully saturated rings. The lowest BCUT2D eigenvalue weighted by atomic mass is 10.2. The highest BCUT2D eigenvalue weighted by atomic mass is 35.5. The number of benzene rings is 2. The molecule has 0 aliphatic rings. The van der Waals surface area contributed by atoms with Crippen LogP contribution in [0.3, 0.4) is 0 Å². The van der Waals surface area contributed by atoms with E-state index in [1.54, 1.807) is 24.6 Å². The van der Waals surface area contributed by atoms with Crippen LogP contribution in [-0.2, 0) is 15.6 Å². The molecule has 1 heterocycles. The van der Waals surface area contributed by atoms with E-state index in [9.17, 15) is 8.42 Å².